The van der Waals surface area contributed by atoms with Gasteiger partial charge < -0.3 is 9.13 Å². The lowest BCUT2D eigenvalue weighted by Crippen LogP contribution is -1.99. The van der Waals surface area contributed by atoms with Crippen LogP contribution in [-0.4, -0.2) is 9.13 Å². The molecule has 0 fully saturated rings. The highest BCUT2D eigenvalue weighted by molar-refractivity contribution is 6.13. The molecule has 0 atom stereocenters. The minimum Gasteiger partial charge on any atom is -0.319 e. The molecule has 0 aliphatic rings. The summed E-state index contributed by atoms with van der Waals surface area (Å²) in [6.45, 7) is 16.1. The van der Waals surface area contributed by atoms with Crippen molar-refractivity contribution in [1.82, 2.24) is 9.13 Å². The van der Waals surface area contributed by atoms with E-state index in [0.717, 1.165) is 77.2 Å². The maximum absolute atomic E-state index is 8.21. The van der Waals surface area contributed by atoms with Gasteiger partial charge in [0.05, 0.1) is 40.9 Å². The minimum atomic E-state index is 0.603. The Labute approximate surface area is 277 Å². The highest BCUT2D eigenvalue weighted by atomic mass is 15.0. The van der Waals surface area contributed by atoms with Crippen molar-refractivity contribution in [3.05, 3.63) is 181 Å². The van der Waals surface area contributed by atoms with E-state index in [1.807, 2.05) is 36.4 Å². The minimum absolute atomic E-state index is 0.603. The van der Waals surface area contributed by atoms with Crippen LogP contribution in [0.5, 0.6) is 0 Å². The zero-order valence-electron chi connectivity index (χ0n) is 25.8. The average molecular weight is 611 g/mol. The Morgan fingerprint density at radius 2 is 0.854 bits per heavy atom. The molecule has 4 nitrogen and oxygen atoms in total. The van der Waals surface area contributed by atoms with E-state index in [9.17, 15) is 0 Å². The van der Waals surface area contributed by atoms with Crippen LogP contribution >= 0.6 is 0 Å². The van der Waals surface area contributed by atoms with Gasteiger partial charge in [-0.2, -0.15) is 0 Å². The monoisotopic (exact) mass is 610 g/mol. The van der Waals surface area contributed by atoms with Gasteiger partial charge in [-0.1, -0.05) is 127 Å². The van der Waals surface area contributed by atoms with E-state index in [4.69, 9.17) is 13.1 Å². The van der Waals surface area contributed by atoms with Crippen molar-refractivity contribution in [3.63, 3.8) is 0 Å². The first-order valence-electron chi connectivity index (χ1n) is 15.9. The van der Waals surface area contributed by atoms with E-state index in [2.05, 4.69) is 140 Å². The fraction of sp³-hybridized carbons (Fsp3) is 0. The summed E-state index contributed by atoms with van der Waals surface area (Å²) in [7, 11) is 0. The van der Waals surface area contributed by atoms with Crippen molar-refractivity contribution in [1.29, 1.82) is 0 Å². The molecule has 0 spiro atoms. The Morgan fingerprint density at radius 3 is 1.50 bits per heavy atom. The molecule has 0 saturated carbocycles. The molecule has 0 amide bonds. The van der Waals surface area contributed by atoms with Crippen molar-refractivity contribution >= 4 is 55.0 Å². The molecule has 9 aromatic rings. The van der Waals surface area contributed by atoms with Crippen LogP contribution in [0, 0.1) is 13.1 Å². The molecule has 0 radical (unpaired) electrons. The molecular formula is C44H26N4. The van der Waals surface area contributed by atoms with Crippen molar-refractivity contribution in [2.45, 2.75) is 0 Å². The fourth-order valence-electron chi connectivity index (χ4n) is 7.36. The highest BCUT2D eigenvalue weighted by Gasteiger charge is 2.21. The summed E-state index contributed by atoms with van der Waals surface area (Å²) in [5, 5.41) is 4.53. The van der Waals surface area contributed by atoms with Gasteiger partial charge >= 0.3 is 0 Å². The Balaban J connectivity index is 1.25. The summed E-state index contributed by atoms with van der Waals surface area (Å²) in [4.78, 5) is 7.92. The molecule has 0 aliphatic heterocycles. The Kier molecular flexibility index (Phi) is 6.22. The second-order valence-electron chi connectivity index (χ2n) is 11.9. The van der Waals surface area contributed by atoms with Gasteiger partial charge in [0, 0.05) is 21.8 Å². The molecule has 2 heterocycles. The molecule has 0 N–H and O–H groups in total. The lowest BCUT2D eigenvalue weighted by Gasteiger charge is -2.19. The molecule has 9 rings (SSSR count). The van der Waals surface area contributed by atoms with E-state index in [-0.39, 0.29) is 0 Å². The molecule has 48 heavy (non-hydrogen) atoms. The summed E-state index contributed by atoms with van der Waals surface area (Å²) < 4.78 is 4.46. The van der Waals surface area contributed by atoms with Gasteiger partial charge in [0.1, 0.15) is 0 Å². The van der Waals surface area contributed by atoms with Crippen LogP contribution in [0.2, 0.25) is 0 Å². The molecule has 0 saturated heterocycles. The molecule has 222 valence electrons. The van der Waals surface area contributed by atoms with E-state index in [1.165, 1.54) is 0 Å². The van der Waals surface area contributed by atoms with Crippen LogP contribution in [-0.2, 0) is 0 Å². The van der Waals surface area contributed by atoms with E-state index in [0.29, 0.717) is 11.4 Å². The lowest BCUT2D eigenvalue weighted by atomic mass is 9.93. The first-order valence-corrected chi connectivity index (χ1v) is 15.9. The van der Waals surface area contributed by atoms with Crippen LogP contribution in [0.25, 0.3) is 86.9 Å². The van der Waals surface area contributed by atoms with Crippen LogP contribution < -0.4 is 0 Å². The number of benzene rings is 7. The third-order valence-corrected chi connectivity index (χ3v) is 9.39. The SMILES string of the molecule is [C-]#[N+]c1cccc(-c2ccccc2-c2ccc(-n3c4ccccc4c4cccc([N+]#[C-])c43)cc2)c1-n1c2ccccc2c2ccccc21. The van der Waals surface area contributed by atoms with Crippen molar-refractivity contribution < 1.29 is 0 Å². The van der Waals surface area contributed by atoms with Gasteiger partial charge in [-0.15, -0.1) is 0 Å². The molecular weight excluding hydrogens is 585 g/mol. The number of fused-ring (bicyclic) bond motifs is 6. The first kappa shape index (κ1) is 27.4. The predicted molar refractivity (Wildman–Crippen MR) is 199 cm³/mol. The number of hydrogen-bond acceptors (Lipinski definition) is 0. The Hall–Kier alpha value is -6.88. The molecule has 0 bridgehead atoms. The molecule has 0 unspecified atom stereocenters. The second-order valence-corrected chi connectivity index (χ2v) is 11.9. The normalized spacial score (nSPS) is 11.3. The molecule has 0 aliphatic carbocycles. The van der Waals surface area contributed by atoms with E-state index >= 15 is 0 Å². The first-order chi connectivity index (χ1) is 23.8. The summed E-state index contributed by atoms with van der Waals surface area (Å²) >= 11 is 0. The van der Waals surface area contributed by atoms with Gasteiger partial charge in [0.15, 0.2) is 0 Å². The van der Waals surface area contributed by atoms with Crippen molar-refractivity contribution in [2.24, 2.45) is 0 Å². The van der Waals surface area contributed by atoms with Gasteiger partial charge in [0.2, 0.25) is 11.4 Å². The zero-order valence-corrected chi connectivity index (χ0v) is 25.8. The maximum Gasteiger partial charge on any atom is 0.211 e. The largest absolute Gasteiger partial charge is 0.319 e. The summed E-state index contributed by atoms with van der Waals surface area (Å²) in [5.74, 6) is 0. The van der Waals surface area contributed by atoms with Crippen LogP contribution in [0.1, 0.15) is 0 Å². The standard InChI is InChI=1S/C44H26N4/c1-45-38-20-12-19-37-35-17-7-8-22-40(35)47(43(37)38)30-27-25-29(26-28-30)31-13-3-4-14-32(31)36-18-11-21-39(46-2)44(36)48-41-23-9-5-15-33(41)34-16-6-10-24-42(34)48/h3-28H. The summed E-state index contributed by atoms with van der Waals surface area (Å²) in [6, 6.07) is 54.2. The van der Waals surface area contributed by atoms with Gasteiger partial charge in [-0.3, -0.25) is 0 Å². The lowest BCUT2D eigenvalue weighted by molar-refractivity contribution is 1.18. The summed E-state index contributed by atoms with van der Waals surface area (Å²) in [5.41, 5.74) is 11.5. The second kappa shape index (κ2) is 10.9. The van der Waals surface area contributed by atoms with E-state index < -0.39 is 0 Å². The molecule has 4 heteroatoms. The molecule has 7 aromatic carbocycles. The summed E-state index contributed by atoms with van der Waals surface area (Å²) in [6.07, 6.45) is 0. The number of rotatable bonds is 4. The zero-order chi connectivity index (χ0) is 32.2. The topological polar surface area (TPSA) is 18.6 Å². The smallest absolute Gasteiger partial charge is 0.211 e. The highest BCUT2D eigenvalue weighted by Crippen LogP contribution is 2.44. The Bertz CT molecular complexity index is 2750. The third-order valence-electron chi connectivity index (χ3n) is 9.39. The molecule has 2 aromatic heterocycles. The number of hydrogen-bond donors (Lipinski definition) is 0. The fourth-order valence-corrected chi connectivity index (χ4v) is 7.36. The van der Waals surface area contributed by atoms with Gasteiger partial charge in [-0.25, -0.2) is 9.69 Å². The average Bonchev–Trinajstić information content (AvgIpc) is 3.68. The van der Waals surface area contributed by atoms with Crippen LogP contribution in [0.3, 0.4) is 0 Å². The number of aromatic nitrogens is 2. The third kappa shape index (κ3) is 4.01. The van der Waals surface area contributed by atoms with Crippen molar-refractivity contribution in [2.75, 3.05) is 0 Å². The van der Waals surface area contributed by atoms with Crippen LogP contribution in [0.4, 0.5) is 11.4 Å². The quantitative estimate of drug-likeness (QED) is 0.177. The van der Waals surface area contributed by atoms with E-state index in [1.54, 1.807) is 0 Å². The number of para-hydroxylation sites is 5. The van der Waals surface area contributed by atoms with Crippen LogP contribution in [0.15, 0.2) is 158 Å². The van der Waals surface area contributed by atoms with Crippen molar-refractivity contribution in [3.8, 4) is 33.6 Å². The van der Waals surface area contributed by atoms with Gasteiger partial charge in [0.25, 0.3) is 0 Å². The predicted octanol–water partition coefficient (Wildman–Crippen LogP) is 12.3. The number of nitrogens with zero attached hydrogens (tertiary/aromatic N) is 4. The van der Waals surface area contributed by atoms with Gasteiger partial charge in [-0.05, 0) is 58.0 Å². The Morgan fingerprint density at radius 1 is 0.375 bits per heavy atom. The maximum atomic E-state index is 8.21.